The average Bonchev–Trinajstić information content (AvgIpc) is 2.31. The molecule has 0 spiro atoms. The molecule has 0 aromatic rings. The Balaban J connectivity index is 2.99. The molecule has 1 rings (SSSR count). The van der Waals surface area contributed by atoms with Crippen LogP contribution in [0.1, 0.15) is 41.5 Å². The number of hydrogen-bond donors (Lipinski definition) is 0. The lowest BCUT2D eigenvalue weighted by molar-refractivity contribution is 0.00578. The van der Waals surface area contributed by atoms with Gasteiger partial charge < -0.3 is 9.31 Å². The average molecular weight is 223 g/mol. The second kappa shape index (κ2) is 4.34. The van der Waals surface area contributed by atoms with Gasteiger partial charge in [0, 0.05) is 13.3 Å². The zero-order valence-corrected chi connectivity index (χ0v) is 11.4. The van der Waals surface area contributed by atoms with Crippen molar-refractivity contribution < 1.29 is 9.31 Å². The second-order valence-corrected chi connectivity index (χ2v) is 5.43. The highest BCUT2D eigenvalue weighted by Crippen LogP contribution is 2.38. The Hall–Kier alpha value is -0.605. The maximum absolute atomic E-state index is 5.97. The van der Waals surface area contributed by atoms with Crippen LogP contribution in [0.15, 0.2) is 16.0 Å². The van der Waals surface area contributed by atoms with Crippen molar-refractivity contribution in [3.8, 4) is 0 Å². The summed E-state index contributed by atoms with van der Waals surface area (Å²) in [5.41, 5.74) is 1.60. The maximum Gasteiger partial charge on any atom is 0.496 e. The molecular formula is C12H22BNO2. The van der Waals surface area contributed by atoms with Gasteiger partial charge in [-0.3, -0.25) is 4.99 Å². The van der Waals surface area contributed by atoms with Gasteiger partial charge in [-0.15, -0.1) is 0 Å². The molecule has 1 aliphatic heterocycles. The third-order valence-corrected chi connectivity index (χ3v) is 3.35. The molecule has 3 nitrogen and oxygen atoms in total. The standard InChI is InChI=1S/C12H22BNO2/c1-9(2)10(8-14-7)13-15-11(3,4)12(5,6)16-13/h8H,1-7H3/b14-8-. The van der Waals surface area contributed by atoms with Gasteiger partial charge >= 0.3 is 7.12 Å². The predicted molar refractivity (Wildman–Crippen MR) is 68.9 cm³/mol. The molecule has 0 amide bonds. The van der Waals surface area contributed by atoms with Crippen LogP contribution in [0.25, 0.3) is 0 Å². The van der Waals surface area contributed by atoms with E-state index in [1.807, 2.05) is 20.1 Å². The Bertz CT molecular complexity index is 312. The van der Waals surface area contributed by atoms with Gasteiger partial charge in [0.05, 0.1) is 11.2 Å². The lowest BCUT2D eigenvalue weighted by atomic mass is 9.76. The Morgan fingerprint density at radius 2 is 1.50 bits per heavy atom. The first-order valence-electron chi connectivity index (χ1n) is 5.66. The Morgan fingerprint density at radius 1 is 1.06 bits per heavy atom. The van der Waals surface area contributed by atoms with E-state index in [1.54, 1.807) is 7.05 Å². The highest BCUT2D eigenvalue weighted by Gasteiger charge is 2.52. The van der Waals surface area contributed by atoms with Crippen molar-refractivity contribution in [2.24, 2.45) is 4.99 Å². The first-order chi connectivity index (χ1) is 7.21. The third-order valence-electron chi connectivity index (χ3n) is 3.35. The largest absolute Gasteiger partial charge is 0.496 e. The fourth-order valence-electron chi connectivity index (χ4n) is 1.53. The van der Waals surface area contributed by atoms with Crippen LogP contribution in [-0.4, -0.2) is 31.6 Å². The minimum atomic E-state index is -0.307. The van der Waals surface area contributed by atoms with Crippen molar-refractivity contribution >= 4 is 13.3 Å². The van der Waals surface area contributed by atoms with Crippen LogP contribution in [0, 0.1) is 0 Å². The molecule has 16 heavy (non-hydrogen) atoms. The molecule has 0 saturated carbocycles. The molecule has 0 unspecified atom stereocenters. The van der Waals surface area contributed by atoms with Crippen molar-refractivity contribution in [2.75, 3.05) is 7.05 Å². The van der Waals surface area contributed by atoms with E-state index in [0.29, 0.717) is 0 Å². The highest BCUT2D eigenvalue weighted by molar-refractivity contribution is 6.60. The number of nitrogens with zero attached hydrogens (tertiary/aromatic N) is 1. The monoisotopic (exact) mass is 223 g/mol. The summed E-state index contributed by atoms with van der Waals surface area (Å²) in [6.07, 6.45) is 1.82. The van der Waals surface area contributed by atoms with Gasteiger partial charge in [0.1, 0.15) is 0 Å². The van der Waals surface area contributed by atoms with Gasteiger partial charge in [0.15, 0.2) is 0 Å². The summed E-state index contributed by atoms with van der Waals surface area (Å²) in [5.74, 6) is 0. The van der Waals surface area contributed by atoms with E-state index in [-0.39, 0.29) is 18.3 Å². The summed E-state index contributed by atoms with van der Waals surface area (Å²) in [5, 5.41) is 0. The molecule has 0 bridgehead atoms. The lowest BCUT2D eigenvalue weighted by Gasteiger charge is -2.32. The fourth-order valence-corrected chi connectivity index (χ4v) is 1.53. The van der Waals surface area contributed by atoms with Crippen LogP contribution in [-0.2, 0) is 9.31 Å². The molecule has 4 heteroatoms. The zero-order chi connectivity index (χ0) is 12.6. The summed E-state index contributed by atoms with van der Waals surface area (Å²) in [6.45, 7) is 12.3. The van der Waals surface area contributed by atoms with E-state index in [0.717, 1.165) is 5.47 Å². The van der Waals surface area contributed by atoms with E-state index >= 15 is 0 Å². The van der Waals surface area contributed by atoms with E-state index in [2.05, 4.69) is 32.7 Å². The zero-order valence-electron chi connectivity index (χ0n) is 11.4. The first-order valence-corrected chi connectivity index (χ1v) is 5.66. The van der Waals surface area contributed by atoms with Crippen molar-refractivity contribution in [2.45, 2.75) is 52.7 Å². The SMILES string of the molecule is C/N=C\C(B1OC(C)(C)C(C)(C)O1)=C(C)C. The molecule has 0 aliphatic carbocycles. The molecular weight excluding hydrogens is 201 g/mol. The summed E-state index contributed by atoms with van der Waals surface area (Å²) >= 11 is 0. The summed E-state index contributed by atoms with van der Waals surface area (Å²) in [7, 11) is 1.45. The molecule has 0 N–H and O–H groups in total. The molecule has 0 aromatic carbocycles. The number of rotatable bonds is 2. The quantitative estimate of drug-likeness (QED) is 0.532. The highest BCUT2D eigenvalue weighted by atomic mass is 16.7. The van der Waals surface area contributed by atoms with E-state index in [1.165, 1.54) is 5.57 Å². The van der Waals surface area contributed by atoms with Gasteiger partial charge in [-0.25, -0.2) is 0 Å². The van der Waals surface area contributed by atoms with Crippen LogP contribution < -0.4 is 0 Å². The molecule has 0 atom stereocenters. The lowest BCUT2D eigenvalue weighted by Crippen LogP contribution is -2.41. The molecule has 1 aliphatic rings. The number of hydrogen-bond acceptors (Lipinski definition) is 3. The molecule has 90 valence electrons. The molecule has 1 heterocycles. The van der Waals surface area contributed by atoms with E-state index in [4.69, 9.17) is 9.31 Å². The molecule has 1 fully saturated rings. The molecule has 0 radical (unpaired) electrons. The summed E-state index contributed by atoms with van der Waals surface area (Å²) in [6, 6.07) is 0. The fraction of sp³-hybridized carbons (Fsp3) is 0.750. The Morgan fingerprint density at radius 3 is 1.81 bits per heavy atom. The Labute approximate surface area is 99.1 Å². The second-order valence-electron chi connectivity index (χ2n) is 5.43. The van der Waals surface area contributed by atoms with Crippen LogP contribution in [0.4, 0.5) is 0 Å². The smallest absolute Gasteiger partial charge is 0.399 e. The van der Waals surface area contributed by atoms with Crippen molar-refractivity contribution in [3.63, 3.8) is 0 Å². The van der Waals surface area contributed by atoms with Crippen molar-refractivity contribution in [1.29, 1.82) is 0 Å². The summed E-state index contributed by atoms with van der Waals surface area (Å²) in [4.78, 5) is 4.05. The van der Waals surface area contributed by atoms with Crippen molar-refractivity contribution in [3.05, 3.63) is 11.0 Å². The van der Waals surface area contributed by atoms with Gasteiger partial charge in [-0.1, -0.05) is 5.57 Å². The minimum absolute atomic E-state index is 0.292. The first kappa shape index (κ1) is 13.5. The van der Waals surface area contributed by atoms with E-state index < -0.39 is 0 Å². The normalized spacial score (nSPS) is 22.8. The number of aliphatic imine (C=N–C) groups is 1. The topological polar surface area (TPSA) is 30.8 Å². The van der Waals surface area contributed by atoms with Gasteiger partial charge in [-0.05, 0) is 47.0 Å². The van der Waals surface area contributed by atoms with Crippen LogP contribution in [0.3, 0.4) is 0 Å². The number of allylic oxidation sites excluding steroid dienone is 2. The minimum Gasteiger partial charge on any atom is -0.399 e. The predicted octanol–water partition coefficient (Wildman–Crippen LogP) is 2.65. The van der Waals surface area contributed by atoms with Crippen LogP contribution in [0.5, 0.6) is 0 Å². The molecule has 1 saturated heterocycles. The van der Waals surface area contributed by atoms with Crippen LogP contribution in [0.2, 0.25) is 0 Å². The summed E-state index contributed by atoms with van der Waals surface area (Å²) < 4.78 is 11.9. The molecule has 0 aromatic heterocycles. The van der Waals surface area contributed by atoms with Gasteiger partial charge in [-0.2, -0.15) is 0 Å². The van der Waals surface area contributed by atoms with Gasteiger partial charge in [0.25, 0.3) is 0 Å². The Kier molecular flexibility index (Phi) is 3.65. The third kappa shape index (κ3) is 2.38. The van der Waals surface area contributed by atoms with Crippen molar-refractivity contribution in [1.82, 2.24) is 0 Å². The van der Waals surface area contributed by atoms with E-state index in [9.17, 15) is 0 Å². The van der Waals surface area contributed by atoms with Gasteiger partial charge in [0.2, 0.25) is 0 Å². The van der Waals surface area contributed by atoms with Crippen LogP contribution >= 0.6 is 0 Å². The maximum atomic E-state index is 5.97.